The molecule has 0 aliphatic carbocycles. The third-order valence-corrected chi connectivity index (χ3v) is 5.62. The lowest BCUT2D eigenvalue weighted by Gasteiger charge is -2.10. The summed E-state index contributed by atoms with van der Waals surface area (Å²) in [5.41, 5.74) is 1.96. The summed E-state index contributed by atoms with van der Waals surface area (Å²) >= 11 is 0. The number of benzene rings is 2. The molecule has 0 atom stereocenters. The van der Waals surface area contributed by atoms with Crippen LogP contribution in [0, 0.1) is 0 Å². The van der Waals surface area contributed by atoms with Gasteiger partial charge in [0.05, 0.1) is 30.6 Å². The second kappa shape index (κ2) is 9.75. The van der Waals surface area contributed by atoms with E-state index in [1.165, 1.54) is 7.11 Å². The van der Waals surface area contributed by atoms with Gasteiger partial charge in [-0.1, -0.05) is 12.1 Å². The second-order valence-electron chi connectivity index (χ2n) is 6.54. The van der Waals surface area contributed by atoms with E-state index in [0.717, 1.165) is 5.39 Å². The molecule has 0 fully saturated rings. The van der Waals surface area contributed by atoms with Gasteiger partial charge in [-0.25, -0.2) is 13.1 Å². The van der Waals surface area contributed by atoms with Crippen molar-refractivity contribution in [2.45, 2.75) is 12.7 Å². The zero-order chi connectivity index (χ0) is 21.6. The summed E-state index contributed by atoms with van der Waals surface area (Å²) in [6.07, 6.45) is 1.54. The zero-order valence-corrected chi connectivity index (χ0v) is 17.6. The number of hydrogen-bond acceptors (Lipinski definition) is 6. The molecule has 160 valence electrons. The van der Waals surface area contributed by atoms with Crippen molar-refractivity contribution in [2.75, 3.05) is 32.2 Å². The second-order valence-corrected chi connectivity index (χ2v) is 8.35. The van der Waals surface area contributed by atoms with Gasteiger partial charge >= 0.3 is 0 Å². The highest BCUT2D eigenvalue weighted by atomic mass is 32.2. The lowest BCUT2D eigenvalue weighted by atomic mass is 10.1. The Morgan fingerprint density at radius 1 is 1.17 bits per heavy atom. The maximum absolute atomic E-state index is 12.8. The van der Waals surface area contributed by atoms with E-state index in [1.54, 1.807) is 48.7 Å². The minimum atomic E-state index is -3.51. The number of anilines is 1. The summed E-state index contributed by atoms with van der Waals surface area (Å²) < 4.78 is 42.6. The largest absolute Gasteiger partial charge is 0.493 e. The molecule has 3 aromatic rings. The molecule has 0 aliphatic rings. The molecule has 2 aromatic carbocycles. The molecule has 2 N–H and O–H groups in total. The fourth-order valence-corrected chi connectivity index (χ4v) is 4.07. The SMILES string of the molecule is CCOc1cc(C(=O)Nc2cccc(CS(=O)(=O)NCCOC)c2)cc2occc12. The molecule has 8 nitrogen and oxygen atoms in total. The number of methoxy groups -OCH3 is 1. The van der Waals surface area contributed by atoms with E-state index in [-0.39, 0.29) is 18.2 Å². The summed E-state index contributed by atoms with van der Waals surface area (Å²) in [6, 6.07) is 11.8. The van der Waals surface area contributed by atoms with Crippen molar-refractivity contribution in [3.8, 4) is 5.75 Å². The van der Waals surface area contributed by atoms with Crippen LogP contribution in [-0.4, -0.2) is 41.2 Å². The maximum atomic E-state index is 12.8. The normalized spacial score (nSPS) is 11.5. The Balaban J connectivity index is 1.74. The predicted molar refractivity (Wildman–Crippen MR) is 114 cm³/mol. The maximum Gasteiger partial charge on any atom is 0.255 e. The number of furan rings is 1. The minimum Gasteiger partial charge on any atom is -0.493 e. The summed E-state index contributed by atoms with van der Waals surface area (Å²) in [7, 11) is -2.00. The number of amides is 1. The van der Waals surface area contributed by atoms with Gasteiger partial charge in [-0.2, -0.15) is 0 Å². The van der Waals surface area contributed by atoms with E-state index in [1.807, 2.05) is 6.92 Å². The van der Waals surface area contributed by atoms with Gasteiger partial charge in [-0.15, -0.1) is 0 Å². The average molecular weight is 432 g/mol. The molecule has 1 aromatic heterocycles. The van der Waals surface area contributed by atoms with E-state index in [0.29, 0.717) is 41.4 Å². The number of carbonyl (C=O) groups is 1. The van der Waals surface area contributed by atoms with Gasteiger partial charge in [-0.05, 0) is 42.8 Å². The van der Waals surface area contributed by atoms with Crippen LogP contribution in [0.1, 0.15) is 22.8 Å². The lowest BCUT2D eigenvalue weighted by molar-refractivity contribution is 0.102. The Hall–Kier alpha value is -2.88. The van der Waals surface area contributed by atoms with Crippen molar-refractivity contribution >= 4 is 32.6 Å². The molecule has 0 bridgehead atoms. The number of ether oxygens (including phenoxy) is 2. The van der Waals surface area contributed by atoms with Gasteiger partial charge in [-0.3, -0.25) is 4.79 Å². The monoisotopic (exact) mass is 432 g/mol. The zero-order valence-electron chi connectivity index (χ0n) is 16.8. The first-order chi connectivity index (χ1) is 14.4. The average Bonchev–Trinajstić information content (AvgIpc) is 3.17. The van der Waals surface area contributed by atoms with Crippen molar-refractivity contribution in [2.24, 2.45) is 0 Å². The van der Waals surface area contributed by atoms with Gasteiger partial charge in [0, 0.05) is 24.9 Å². The van der Waals surface area contributed by atoms with E-state index < -0.39 is 10.0 Å². The summed E-state index contributed by atoms with van der Waals surface area (Å²) in [6.45, 7) is 2.81. The Morgan fingerprint density at radius 2 is 2.00 bits per heavy atom. The number of rotatable bonds is 10. The van der Waals surface area contributed by atoms with Crippen LogP contribution in [0.3, 0.4) is 0 Å². The summed E-state index contributed by atoms with van der Waals surface area (Å²) in [4.78, 5) is 12.8. The molecular weight excluding hydrogens is 408 g/mol. The number of hydrogen-bond donors (Lipinski definition) is 2. The van der Waals surface area contributed by atoms with Crippen LogP contribution >= 0.6 is 0 Å². The number of fused-ring (bicyclic) bond motifs is 1. The van der Waals surface area contributed by atoms with Crippen LogP contribution in [0.15, 0.2) is 53.1 Å². The molecule has 1 amide bonds. The summed E-state index contributed by atoms with van der Waals surface area (Å²) in [5, 5.41) is 3.58. The standard InChI is InChI=1S/C21H24N2O6S/c1-3-28-19-12-16(13-20-18(19)7-9-29-20)21(24)23-17-6-4-5-15(11-17)14-30(25,26)22-8-10-27-2/h4-7,9,11-13,22H,3,8,10,14H2,1-2H3,(H,23,24). The highest BCUT2D eigenvalue weighted by Crippen LogP contribution is 2.29. The lowest BCUT2D eigenvalue weighted by Crippen LogP contribution is -2.28. The molecule has 0 aliphatic heterocycles. The molecule has 0 unspecified atom stereocenters. The molecule has 3 rings (SSSR count). The predicted octanol–water partition coefficient (Wildman–Crippen LogP) is 3.15. The van der Waals surface area contributed by atoms with Crippen LogP contribution in [0.2, 0.25) is 0 Å². The Morgan fingerprint density at radius 3 is 2.77 bits per heavy atom. The van der Waals surface area contributed by atoms with Gasteiger partial charge in [0.1, 0.15) is 11.3 Å². The van der Waals surface area contributed by atoms with E-state index in [9.17, 15) is 13.2 Å². The molecule has 9 heteroatoms. The van der Waals surface area contributed by atoms with Gasteiger partial charge in [0.15, 0.2) is 0 Å². The molecule has 1 heterocycles. The van der Waals surface area contributed by atoms with Gasteiger partial charge in [0.25, 0.3) is 5.91 Å². The van der Waals surface area contributed by atoms with E-state index in [2.05, 4.69) is 10.0 Å². The molecule has 0 saturated heterocycles. The Kier molecular flexibility index (Phi) is 7.09. The molecule has 0 spiro atoms. The summed E-state index contributed by atoms with van der Waals surface area (Å²) in [5.74, 6) is 0.0103. The van der Waals surface area contributed by atoms with Gasteiger partial charge in [0.2, 0.25) is 10.0 Å². The van der Waals surface area contributed by atoms with Crippen molar-refractivity contribution in [1.29, 1.82) is 0 Å². The molecule has 0 radical (unpaired) electrons. The van der Waals surface area contributed by atoms with Crippen LogP contribution in [-0.2, 0) is 20.5 Å². The number of carbonyl (C=O) groups excluding carboxylic acids is 1. The fraction of sp³-hybridized carbons (Fsp3) is 0.286. The third kappa shape index (κ3) is 5.59. The van der Waals surface area contributed by atoms with Crippen molar-refractivity contribution in [3.05, 3.63) is 59.9 Å². The van der Waals surface area contributed by atoms with Crippen molar-refractivity contribution < 1.29 is 27.1 Å². The van der Waals surface area contributed by atoms with E-state index >= 15 is 0 Å². The van der Waals surface area contributed by atoms with Crippen LogP contribution in [0.4, 0.5) is 5.69 Å². The minimum absolute atomic E-state index is 0.201. The van der Waals surface area contributed by atoms with Crippen LogP contribution < -0.4 is 14.8 Å². The first kappa shape index (κ1) is 21.8. The van der Waals surface area contributed by atoms with Crippen molar-refractivity contribution in [1.82, 2.24) is 4.72 Å². The molecule has 30 heavy (non-hydrogen) atoms. The number of nitrogens with one attached hydrogen (secondary N) is 2. The van der Waals surface area contributed by atoms with Crippen LogP contribution in [0.5, 0.6) is 5.75 Å². The molecular formula is C21H24N2O6S. The van der Waals surface area contributed by atoms with Crippen molar-refractivity contribution in [3.63, 3.8) is 0 Å². The first-order valence-electron chi connectivity index (χ1n) is 9.42. The first-order valence-corrected chi connectivity index (χ1v) is 11.1. The topological polar surface area (TPSA) is 107 Å². The Bertz CT molecular complexity index is 1120. The molecule has 0 saturated carbocycles. The van der Waals surface area contributed by atoms with E-state index in [4.69, 9.17) is 13.9 Å². The third-order valence-electron chi connectivity index (χ3n) is 4.27. The fourth-order valence-electron chi connectivity index (χ4n) is 2.96. The number of sulfonamides is 1. The Labute approximate surface area is 175 Å². The highest BCUT2D eigenvalue weighted by Gasteiger charge is 2.15. The highest BCUT2D eigenvalue weighted by molar-refractivity contribution is 7.88. The quantitative estimate of drug-likeness (QED) is 0.477. The van der Waals surface area contributed by atoms with Gasteiger partial charge < -0.3 is 19.2 Å². The van der Waals surface area contributed by atoms with Crippen LogP contribution in [0.25, 0.3) is 11.0 Å². The smallest absolute Gasteiger partial charge is 0.255 e.